The molecule has 6 nitrogen and oxygen atoms in total. The van der Waals surface area contributed by atoms with Gasteiger partial charge in [0.1, 0.15) is 16.9 Å². The third-order valence-electron chi connectivity index (χ3n) is 5.06. The van der Waals surface area contributed by atoms with Crippen molar-refractivity contribution >= 4 is 51.6 Å². The van der Waals surface area contributed by atoms with Crippen molar-refractivity contribution in [2.24, 2.45) is 0 Å². The predicted octanol–water partition coefficient (Wildman–Crippen LogP) is 5.99. The molecule has 0 unspecified atom stereocenters. The second-order valence-electron chi connectivity index (χ2n) is 7.81. The number of Topliss-reactive ketones (excluding diaryl/α,β-unsaturated/α-hetero) is 1. The Labute approximate surface area is 199 Å². The van der Waals surface area contributed by atoms with Crippen molar-refractivity contribution in [2.45, 2.75) is 33.1 Å². The summed E-state index contributed by atoms with van der Waals surface area (Å²) in [6, 6.07) is 10.3. The lowest BCUT2D eigenvalue weighted by Gasteiger charge is -2.09. The molecule has 2 aromatic heterocycles. The molecule has 2 aromatic carbocycles. The van der Waals surface area contributed by atoms with Gasteiger partial charge in [0.05, 0.1) is 15.7 Å². The van der Waals surface area contributed by atoms with Gasteiger partial charge in [0.2, 0.25) is 0 Å². The minimum Gasteiger partial charge on any atom is -0.310 e. The van der Waals surface area contributed by atoms with E-state index in [9.17, 15) is 9.59 Å². The van der Waals surface area contributed by atoms with Gasteiger partial charge in [0.25, 0.3) is 5.56 Å². The number of hydrogen-bond acceptors (Lipinski definition) is 4. The van der Waals surface area contributed by atoms with Crippen molar-refractivity contribution in [3.63, 3.8) is 0 Å². The van der Waals surface area contributed by atoms with E-state index in [-0.39, 0.29) is 17.3 Å². The monoisotopic (exact) mass is 488 g/mol. The van der Waals surface area contributed by atoms with Crippen LogP contribution in [0.3, 0.4) is 0 Å². The van der Waals surface area contributed by atoms with Gasteiger partial charge in [-0.3, -0.25) is 9.59 Å². The molecule has 0 spiro atoms. The summed E-state index contributed by atoms with van der Waals surface area (Å²) in [7, 11) is 0. The van der Waals surface area contributed by atoms with Crippen LogP contribution in [0.2, 0.25) is 15.1 Å². The molecule has 0 aliphatic heterocycles. The fraction of sp³-hybridized carbons (Fsp3) is 0.217. The Morgan fingerprint density at radius 2 is 1.81 bits per heavy atom. The van der Waals surface area contributed by atoms with Crippen LogP contribution in [0.5, 0.6) is 0 Å². The summed E-state index contributed by atoms with van der Waals surface area (Å²) in [5.74, 6) is 0.362. The second kappa shape index (κ2) is 8.70. The van der Waals surface area contributed by atoms with Gasteiger partial charge >= 0.3 is 0 Å². The van der Waals surface area contributed by atoms with E-state index in [0.29, 0.717) is 55.3 Å². The largest absolute Gasteiger partial charge is 0.310 e. The number of carbonyl (C=O) groups is 1. The Kier molecular flexibility index (Phi) is 6.12. The van der Waals surface area contributed by atoms with E-state index < -0.39 is 0 Å². The third-order valence-corrected chi connectivity index (χ3v) is 5.85. The lowest BCUT2D eigenvalue weighted by Crippen LogP contribution is -2.14. The molecule has 0 bridgehead atoms. The average molecular weight is 490 g/mol. The molecule has 0 fully saturated rings. The van der Waals surface area contributed by atoms with E-state index >= 15 is 0 Å². The molecule has 0 saturated carbocycles. The van der Waals surface area contributed by atoms with Gasteiger partial charge in [-0.2, -0.15) is 5.10 Å². The molecule has 0 saturated heterocycles. The van der Waals surface area contributed by atoms with Crippen molar-refractivity contribution in [3.05, 3.63) is 84.5 Å². The molecule has 4 rings (SSSR count). The lowest BCUT2D eigenvalue weighted by atomic mass is 10.1. The van der Waals surface area contributed by atoms with Crippen molar-refractivity contribution in [2.75, 3.05) is 0 Å². The molecule has 0 radical (unpaired) electrons. The van der Waals surface area contributed by atoms with Crippen LogP contribution >= 0.6 is 34.8 Å². The number of aromatic amines is 1. The van der Waals surface area contributed by atoms with Crippen LogP contribution in [-0.2, 0) is 6.42 Å². The molecule has 0 amide bonds. The standard InChI is InChI=1S/C23H19Cl3N4O2/c1-11(2)20-19-22(30(29-20)21-16(25)9-15(24)10-17(21)26)27-18(28-23(19)32)8-13-5-4-6-14(7-13)12(3)31/h4-7,9-11H,8H2,1-3H3,(H,27,28,32). The number of H-pyrrole nitrogens is 1. The van der Waals surface area contributed by atoms with Gasteiger partial charge < -0.3 is 4.98 Å². The minimum absolute atomic E-state index is 0.0320. The zero-order chi connectivity index (χ0) is 23.2. The van der Waals surface area contributed by atoms with Crippen LogP contribution in [0.1, 0.15) is 54.1 Å². The molecule has 164 valence electrons. The number of aromatic nitrogens is 4. The summed E-state index contributed by atoms with van der Waals surface area (Å²) in [5.41, 5.74) is 2.47. The first kappa shape index (κ1) is 22.5. The first-order valence-electron chi connectivity index (χ1n) is 9.92. The zero-order valence-electron chi connectivity index (χ0n) is 17.5. The molecule has 1 N–H and O–H groups in total. The van der Waals surface area contributed by atoms with E-state index in [2.05, 4.69) is 10.1 Å². The zero-order valence-corrected chi connectivity index (χ0v) is 19.8. The van der Waals surface area contributed by atoms with Gasteiger partial charge in [-0.1, -0.05) is 66.8 Å². The topological polar surface area (TPSA) is 80.6 Å². The molecular formula is C23H19Cl3N4O2. The Balaban J connectivity index is 1.93. The summed E-state index contributed by atoms with van der Waals surface area (Å²) in [6.07, 6.45) is 0.330. The number of fused-ring (bicyclic) bond motifs is 1. The van der Waals surface area contributed by atoms with Crippen LogP contribution in [0.25, 0.3) is 16.7 Å². The summed E-state index contributed by atoms with van der Waals surface area (Å²) >= 11 is 18.9. The van der Waals surface area contributed by atoms with Crippen LogP contribution in [-0.4, -0.2) is 25.5 Å². The van der Waals surface area contributed by atoms with E-state index in [1.165, 1.54) is 11.6 Å². The Morgan fingerprint density at radius 1 is 1.12 bits per heavy atom. The number of ketones is 1. The van der Waals surface area contributed by atoms with Gasteiger partial charge in [0, 0.05) is 17.0 Å². The quantitative estimate of drug-likeness (QED) is 0.349. The summed E-state index contributed by atoms with van der Waals surface area (Å²) in [4.78, 5) is 32.3. The Morgan fingerprint density at radius 3 is 2.44 bits per heavy atom. The number of nitrogens with zero attached hydrogens (tertiary/aromatic N) is 3. The van der Waals surface area contributed by atoms with E-state index in [4.69, 9.17) is 39.8 Å². The Hall–Kier alpha value is -2.67. The normalized spacial score (nSPS) is 11.5. The van der Waals surface area contributed by atoms with Crippen molar-refractivity contribution in [3.8, 4) is 5.69 Å². The highest BCUT2D eigenvalue weighted by molar-refractivity contribution is 6.40. The molecular weight excluding hydrogens is 471 g/mol. The van der Waals surface area contributed by atoms with E-state index in [0.717, 1.165) is 5.56 Å². The number of hydrogen-bond donors (Lipinski definition) is 1. The summed E-state index contributed by atoms with van der Waals surface area (Å²) < 4.78 is 1.50. The van der Waals surface area contributed by atoms with E-state index in [1.54, 1.807) is 30.3 Å². The predicted molar refractivity (Wildman–Crippen MR) is 128 cm³/mol. The maximum atomic E-state index is 13.1. The first-order chi connectivity index (χ1) is 15.2. The van der Waals surface area contributed by atoms with Gasteiger partial charge in [-0.15, -0.1) is 0 Å². The van der Waals surface area contributed by atoms with Gasteiger partial charge in [0.15, 0.2) is 11.4 Å². The number of rotatable bonds is 5. The highest BCUT2D eigenvalue weighted by Gasteiger charge is 2.23. The smallest absolute Gasteiger partial charge is 0.262 e. The van der Waals surface area contributed by atoms with Crippen LogP contribution < -0.4 is 5.56 Å². The average Bonchev–Trinajstić information content (AvgIpc) is 3.07. The molecule has 4 aromatic rings. The fourth-order valence-corrected chi connectivity index (χ4v) is 4.55. The van der Waals surface area contributed by atoms with Crippen molar-refractivity contribution in [1.82, 2.24) is 19.7 Å². The maximum Gasteiger partial charge on any atom is 0.262 e. The highest BCUT2D eigenvalue weighted by Crippen LogP contribution is 2.34. The summed E-state index contributed by atoms with van der Waals surface area (Å²) in [6.45, 7) is 5.40. The SMILES string of the molecule is CC(=O)c1cccc(Cc2nc3c(c(C(C)C)nn3-c3c(Cl)cc(Cl)cc3Cl)c(=O)[nH]2)c1. The van der Waals surface area contributed by atoms with Gasteiger partial charge in [-0.25, -0.2) is 9.67 Å². The highest BCUT2D eigenvalue weighted by atomic mass is 35.5. The number of benzene rings is 2. The van der Waals surface area contributed by atoms with Gasteiger partial charge in [-0.05, 0) is 36.6 Å². The maximum absolute atomic E-state index is 13.1. The number of carbonyl (C=O) groups excluding carboxylic acids is 1. The molecule has 0 aliphatic carbocycles. The van der Waals surface area contributed by atoms with Crippen LogP contribution in [0.4, 0.5) is 0 Å². The molecule has 0 atom stereocenters. The molecule has 9 heteroatoms. The lowest BCUT2D eigenvalue weighted by molar-refractivity contribution is 0.101. The molecule has 32 heavy (non-hydrogen) atoms. The first-order valence-corrected chi connectivity index (χ1v) is 11.1. The molecule has 2 heterocycles. The summed E-state index contributed by atoms with van der Waals surface area (Å²) in [5, 5.41) is 5.99. The van der Waals surface area contributed by atoms with Crippen LogP contribution in [0.15, 0.2) is 41.2 Å². The second-order valence-corrected chi connectivity index (χ2v) is 9.07. The van der Waals surface area contributed by atoms with Crippen molar-refractivity contribution in [1.29, 1.82) is 0 Å². The number of halogens is 3. The fourth-order valence-electron chi connectivity index (χ4n) is 3.57. The third kappa shape index (κ3) is 4.18. The number of nitrogens with one attached hydrogen (secondary N) is 1. The molecule has 0 aliphatic rings. The van der Waals surface area contributed by atoms with Crippen molar-refractivity contribution < 1.29 is 4.79 Å². The van der Waals surface area contributed by atoms with Crippen LogP contribution in [0, 0.1) is 0 Å². The Bertz CT molecular complexity index is 1400. The minimum atomic E-state index is -0.302. The van der Waals surface area contributed by atoms with E-state index in [1.807, 2.05) is 19.9 Å².